The molecule has 0 spiro atoms. The van der Waals surface area contributed by atoms with E-state index in [1.54, 1.807) is 40.0 Å². The van der Waals surface area contributed by atoms with Gasteiger partial charge in [0.25, 0.3) is 0 Å². The second-order valence-corrected chi connectivity index (χ2v) is 1.84. The van der Waals surface area contributed by atoms with E-state index in [2.05, 4.69) is 20.4 Å². The predicted molar refractivity (Wildman–Crippen MR) is 53.1 cm³/mol. The summed E-state index contributed by atoms with van der Waals surface area (Å²) in [5, 5.41) is 10.1. The Morgan fingerprint density at radius 3 is 1.43 bits per heavy atom. The molecule has 2 rings (SSSR count). The maximum absolute atomic E-state index is 8.06. The lowest BCUT2D eigenvalue weighted by Gasteiger charge is -1.70. The molecule has 0 saturated heterocycles. The van der Waals surface area contributed by atoms with Gasteiger partial charge in [0, 0.05) is 12.4 Å². The number of rotatable bonds is 0. The number of nitrogens with zero attached hydrogens (tertiary/aromatic N) is 4. The van der Waals surface area contributed by atoms with Gasteiger partial charge in [-0.3, -0.25) is 9.55 Å². The minimum atomic E-state index is 1.58. The summed E-state index contributed by atoms with van der Waals surface area (Å²) >= 11 is 0. The van der Waals surface area contributed by atoms with Gasteiger partial charge < -0.3 is 0 Å². The van der Waals surface area contributed by atoms with Crippen molar-refractivity contribution in [2.75, 3.05) is 0 Å². The highest BCUT2D eigenvalue weighted by Gasteiger charge is 1.60. The van der Waals surface area contributed by atoms with E-state index in [-0.39, 0.29) is 0 Å². The van der Waals surface area contributed by atoms with Gasteiger partial charge in [-0.25, -0.2) is 0 Å². The van der Waals surface area contributed by atoms with Crippen molar-refractivity contribution in [3.05, 3.63) is 49.1 Å². The van der Waals surface area contributed by atoms with E-state index < -0.39 is 0 Å². The summed E-state index contributed by atoms with van der Waals surface area (Å²) in [6, 6.07) is 7.43. The predicted octanol–water partition coefficient (Wildman–Crippen LogP) is 1.43. The fraction of sp³-hybridized carbons (Fsp3) is 0. The first-order chi connectivity index (χ1) is 7.00. The standard InChI is InChI=1S/C5H5N.C3H3N3.HOP/c2*1-2-4-6-5-3-1;1-2/h1-5H;1-3H;2H. The topological polar surface area (TPSA) is 68.6 Å². The fourth-order valence-corrected chi connectivity index (χ4v) is 0.518. The molecule has 2 aromatic heterocycles. The Morgan fingerprint density at radius 2 is 1.29 bits per heavy atom. The number of aromatic nitrogens is 4. The quantitative estimate of drug-likeness (QED) is 0.612. The summed E-state index contributed by atoms with van der Waals surface area (Å²) < 4.78 is 8.06. The van der Waals surface area contributed by atoms with Crippen LogP contribution in [0.1, 0.15) is 0 Å². The Labute approximate surface area is 83.9 Å². The Bertz CT molecular complexity index is 210. The average Bonchev–Trinajstić information content (AvgIpc) is 2.37. The SMILES string of the molecule is O=P.c1ccncc1.c1cnnnc1. The van der Waals surface area contributed by atoms with Gasteiger partial charge in [-0.1, -0.05) is 6.07 Å². The molecule has 0 saturated carbocycles. The third-order valence-corrected chi connectivity index (χ3v) is 0.975. The van der Waals surface area contributed by atoms with Crippen LogP contribution >= 0.6 is 9.12 Å². The molecule has 0 aliphatic carbocycles. The molecule has 5 nitrogen and oxygen atoms in total. The number of hydrogen-bond acceptors (Lipinski definition) is 5. The molecule has 2 aromatic rings. The van der Waals surface area contributed by atoms with Crippen molar-refractivity contribution >= 4 is 9.12 Å². The number of hydrogen-bond donors (Lipinski definition) is 0. The zero-order valence-electron chi connectivity index (χ0n) is 7.32. The van der Waals surface area contributed by atoms with Crippen molar-refractivity contribution in [3.63, 3.8) is 0 Å². The van der Waals surface area contributed by atoms with Crippen molar-refractivity contribution in [2.24, 2.45) is 0 Å². The third kappa shape index (κ3) is 8.36. The summed E-state index contributed by atoms with van der Waals surface area (Å²) in [6.45, 7) is 0. The van der Waals surface area contributed by atoms with Crippen LogP contribution in [0.25, 0.3) is 0 Å². The summed E-state index contributed by atoms with van der Waals surface area (Å²) in [7, 11) is 1.72. The van der Waals surface area contributed by atoms with Crippen molar-refractivity contribution in [1.29, 1.82) is 0 Å². The van der Waals surface area contributed by atoms with E-state index >= 15 is 0 Å². The first-order valence-corrected chi connectivity index (χ1v) is 4.05. The van der Waals surface area contributed by atoms with Crippen molar-refractivity contribution in [1.82, 2.24) is 20.4 Å². The molecule has 2 heterocycles. The van der Waals surface area contributed by atoms with Crippen LogP contribution in [0, 0.1) is 0 Å². The molecule has 14 heavy (non-hydrogen) atoms. The summed E-state index contributed by atoms with van der Waals surface area (Å²) in [6.07, 6.45) is 6.65. The number of pyridine rings is 1. The second-order valence-electron chi connectivity index (χ2n) is 1.84. The highest BCUT2D eigenvalue weighted by molar-refractivity contribution is 7.00. The first kappa shape index (κ1) is 12.3. The average molecular weight is 208 g/mol. The molecule has 0 atom stereocenters. The molecule has 0 amide bonds. The summed E-state index contributed by atoms with van der Waals surface area (Å²) in [5.41, 5.74) is 0. The van der Waals surface area contributed by atoms with Gasteiger partial charge in [0.05, 0.1) is 12.4 Å². The highest BCUT2D eigenvalue weighted by Crippen LogP contribution is 1.73. The van der Waals surface area contributed by atoms with Crippen LogP contribution in [-0.2, 0) is 4.57 Å². The summed E-state index contributed by atoms with van der Waals surface area (Å²) in [4.78, 5) is 3.78. The molecule has 0 unspecified atom stereocenters. The zero-order valence-corrected chi connectivity index (χ0v) is 8.32. The van der Waals surface area contributed by atoms with E-state index in [9.17, 15) is 0 Å². The lowest BCUT2D eigenvalue weighted by molar-refractivity contribution is 0.607. The molecular weight excluding hydrogens is 199 g/mol. The Kier molecular flexibility index (Phi) is 9.86. The van der Waals surface area contributed by atoms with Crippen LogP contribution < -0.4 is 0 Å². The van der Waals surface area contributed by atoms with Gasteiger partial charge in [-0.2, -0.15) is 0 Å². The van der Waals surface area contributed by atoms with Crippen LogP contribution in [0.4, 0.5) is 0 Å². The fourth-order valence-electron chi connectivity index (χ4n) is 0.518. The van der Waals surface area contributed by atoms with Gasteiger partial charge in [0.1, 0.15) is 9.12 Å². The van der Waals surface area contributed by atoms with Gasteiger partial charge in [-0.15, -0.1) is 10.2 Å². The lowest BCUT2D eigenvalue weighted by atomic mass is 10.5. The van der Waals surface area contributed by atoms with E-state index in [0.717, 1.165) is 0 Å². The van der Waals surface area contributed by atoms with Crippen LogP contribution in [-0.4, -0.2) is 20.4 Å². The molecule has 0 bridgehead atoms. The monoisotopic (exact) mass is 208 g/mol. The molecule has 0 aromatic carbocycles. The van der Waals surface area contributed by atoms with Gasteiger partial charge in [0.15, 0.2) is 0 Å². The van der Waals surface area contributed by atoms with Crippen LogP contribution in [0.3, 0.4) is 0 Å². The normalized spacial score (nSPS) is 7.14. The maximum Gasteiger partial charge on any atom is 0.138 e. The van der Waals surface area contributed by atoms with E-state index in [0.29, 0.717) is 0 Å². The largest absolute Gasteiger partial charge is 0.279 e. The van der Waals surface area contributed by atoms with Crippen LogP contribution in [0.2, 0.25) is 0 Å². The third-order valence-electron chi connectivity index (χ3n) is 0.975. The molecule has 72 valence electrons. The Hall–Kier alpha value is -1.74. The van der Waals surface area contributed by atoms with Crippen LogP contribution in [0.15, 0.2) is 49.1 Å². The first-order valence-electron chi connectivity index (χ1n) is 3.64. The van der Waals surface area contributed by atoms with Crippen molar-refractivity contribution in [2.45, 2.75) is 0 Å². The highest BCUT2D eigenvalue weighted by atomic mass is 31.0. The molecule has 0 fully saturated rings. The smallest absolute Gasteiger partial charge is 0.138 e. The summed E-state index contributed by atoms with van der Waals surface area (Å²) in [5.74, 6) is 0. The molecule has 0 aliphatic rings. The lowest BCUT2D eigenvalue weighted by Crippen LogP contribution is -1.78. The Morgan fingerprint density at radius 1 is 0.714 bits per heavy atom. The zero-order chi connectivity index (χ0) is 10.5. The molecule has 0 radical (unpaired) electrons. The van der Waals surface area contributed by atoms with Gasteiger partial charge in [-0.05, 0) is 23.4 Å². The minimum Gasteiger partial charge on any atom is -0.279 e. The molecule has 6 heteroatoms. The van der Waals surface area contributed by atoms with E-state index in [4.69, 9.17) is 4.57 Å². The van der Waals surface area contributed by atoms with Crippen molar-refractivity contribution < 1.29 is 4.57 Å². The van der Waals surface area contributed by atoms with Gasteiger partial charge in [0.2, 0.25) is 0 Å². The van der Waals surface area contributed by atoms with E-state index in [1.165, 1.54) is 0 Å². The minimum absolute atomic E-state index is 1.58. The van der Waals surface area contributed by atoms with Crippen LogP contribution in [0.5, 0.6) is 0 Å². The second kappa shape index (κ2) is 11.3. The van der Waals surface area contributed by atoms with E-state index in [1.807, 2.05) is 18.2 Å². The Balaban J connectivity index is 0.000000206. The molecular formula is C8H9N4OP. The molecule has 0 N–H and O–H groups in total. The van der Waals surface area contributed by atoms with Crippen molar-refractivity contribution in [3.8, 4) is 0 Å². The molecule has 0 aliphatic heterocycles. The van der Waals surface area contributed by atoms with Gasteiger partial charge >= 0.3 is 0 Å². The maximum atomic E-state index is 8.06.